The van der Waals surface area contributed by atoms with Gasteiger partial charge in [-0.05, 0) is 82.3 Å². The molecule has 0 spiro atoms. The summed E-state index contributed by atoms with van der Waals surface area (Å²) in [5, 5.41) is 1.26. The van der Waals surface area contributed by atoms with Gasteiger partial charge in [-0.3, -0.25) is 0 Å². The van der Waals surface area contributed by atoms with Crippen LogP contribution in [0.15, 0.2) is 127 Å². The number of rotatable bonds is 6. The number of hydrogen-bond donors (Lipinski definition) is 0. The molecule has 0 saturated heterocycles. The third-order valence-corrected chi connectivity index (χ3v) is 7.98. The Labute approximate surface area is 255 Å². The van der Waals surface area contributed by atoms with Gasteiger partial charge in [0.25, 0.3) is 0 Å². The Hall–Kier alpha value is -4.37. The maximum absolute atomic E-state index is 14.9. The van der Waals surface area contributed by atoms with Gasteiger partial charge in [-0.2, -0.15) is 0 Å². The smallest absolute Gasteiger partial charge is 0.135 e. The molecule has 0 heterocycles. The van der Waals surface area contributed by atoms with Crippen LogP contribution in [0, 0.1) is 12.7 Å². The molecule has 4 heteroatoms. The predicted octanol–water partition coefficient (Wildman–Crippen LogP) is 11.8. The third kappa shape index (κ3) is 5.20. The van der Waals surface area contributed by atoms with E-state index in [9.17, 15) is 4.39 Å². The minimum absolute atomic E-state index is 0.321. The Balaban J connectivity index is 1.94. The highest BCUT2D eigenvalue weighted by Gasteiger charge is 2.29. The quantitative estimate of drug-likeness (QED) is 0.188. The van der Waals surface area contributed by atoms with E-state index in [1.807, 2.05) is 78.9 Å². The van der Waals surface area contributed by atoms with Gasteiger partial charge in [-0.15, -0.1) is 0 Å². The standard InChI is InChI=1S/C38H27Cl2FO/c1-24-10-6-7-17-32(24)37-33(25-11-4-3-5-12-25)36(28-14-9-16-31(41)23-28)38(42-2)35(26-18-20-29(39)21-19-26)34(37)27-13-8-15-30(40)22-27/h3-23H,1-2H3. The molecule has 0 aliphatic rings. The first-order valence-electron chi connectivity index (χ1n) is 13.6. The van der Waals surface area contributed by atoms with Gasteiger partial charge in [0.15, 0.2) is 0 Å². The summed E-state index contributed by atoms with van der Waals surface area (Å²) in [7, 11) is 1.67. The van der Waals surface area contributed by atoms with Crippen LogP contribution in [-0.2, 0) is 0 Å². The minimum atomic E-state index is -0.321. The molecule has 6 rings (SSSR count). The second-order valence-electron chi connectivity index (χ2n) is 10.1. The number of methoxy groups -OCH3 is 1. The topological polar surface area (TPSA) is 9.23 Å². The van der Waals surface area contributed by atoms with Crippen LogP contribution < -0.4 is 4.74 Å². The van der Waals surface area contributed by atoms with E-state index in [0.29, 0.717) is 21.4 Å². The normalized spacial score (nSPS) is 11.0. The molecular formula is C38H27Cl2FO. The van der Waals surface area contributed by atoms with E-state index in [1.165, 1.54) is 6.07 Å². The Morgan fingerprint density at radius 1 is 0.500 bits per heavy atom. The molecular weight excluding hydrogens is 562 g/mol. The summed E-state index contributed by atoms with van der Waals surface area (Å²) in [6.45, 7) is 2.11. The lowest BCUT2D eigenvalue weighted by molar-refractivity contribution is 0.418. The van der Waals surface area contributed by atoms with E-state index in [1.54, 1.807) is 19.2 Å². The van der Waals surface area contributed by atoms with Crippen LogP contribution in [0.5, 0.6) is 5.75 Å². The fourth-order valence-electron chi connectivity index (χ4n) is 5.69. The second-order valence-corrected chi connectivity index (χ2v) is 11.0. The van der Waals surface area contributed by atoms with E-state index in [2.05, 4.69) is 37.3 Å². The fraction of sp³-hybridized carbons (Fsp3) is 0.0526. The van der Waals surface area contributed by atoms with Crippen LogP contribution in [0.3, 0.4) is 0 Å². The molecule has 6 aromatic rings. The highest BCUT2D eigenvalue weighted by Crippen LogP contribution is 2.56. The van der Waals surface area contributed by atoms with Crippen molar-refractivity contribution in [2.24, 2.45) is 0 Å². The second kappa shape index (κ2) is 11.9. The largest absolute Gasteiger partial charge is 0.495 e. The summed E-state index contributed by atoms with van der Waals surface area (Å²) in [5.41, 5.74) is 10.3. The van der Waals surface area contributed by atoms with Crippen LogP contribution in [0.4, 0.5) is 4.39 Å². The SMILES string of the molecule is COc1c(-c2cccc(F)c2)c(-c2ccccc2)c(-c2ccccc2C)c(-c2cccc(Cl)c2)c1-c1ccc(Cl)cc1. The maximum atomic E-state index is 14.9. The molecule has 0 unspecified atom stereocenters. The van der Waals surface area contributed by atoms with Gasteiger partial charge in [0.1, 0.15) is 11.6 Å². The Morgan fingerprint density at radius 2 is 1.07 bits per heavy atom. The molecule has 0 amide bonds. The van der Waals surface area contributed by atoms with E-state index in [-0.39, 0.29) is 5.82 Å². The van der Waals surface area contributed by atoms with Crippen LogP contribution in [0.2, 0.25) is 10.0 Å². The van der Waals surface area contributed by atoms with Crippen molar-refractivity contribution >= 4 is 23.2 Å². The van der Waals surface area contributed by atoms with Crippen molar-refractivity contribution in [3.8, 4) is 61.4 Å². The van der Waals surface area contributed by atoms with Gasteiger partial charge in [0, 0.05) is 32.3 Å². The number of aryl methyl sites for hydroxylation is 1. The molecule has 0 N–H and O–H groups in total. The van der Waals surface area contributed by atoms with Crippen molar-refractivity contribution in [3.63, 3.8) is 0 Å². The monoisotopic (exact) mass is 588 g/mol. The van der Waals surface area contributed by atoms with Crippen LogP contribution in [-0.4, -0.2) is 7.11 Å². The lowest BCUT2D eigenvalue weighted by Gasteiger charge is -2.28. The molecule has 1 nitrogen and oxygen atoms in total. The summed E-state index contributed by atoms with van der Waals surface area (Å²) in [6.07, 6.45) is 0. The molecule has 0 aromatic heterocycles. The highest BCUT2D eigenvalue weighted by atomic mass is 35.5. The summed E-state index contributed by atoms with van der Waals surface area (Å²) >= 11 is 13.0. The van der Waals surface area contributed by atoms with Gasteiger partial charge in [-0.1, -0.05) is 114 Å². The van der Waals surface area contributed by atoms with Crippen molar-refractivity contribution in [2.45, 2.75) is 6.92 Å². The summed E-state index contributed by atoms with van der Waals surface area (Å²) in [4.78, 5) is 0. The van der Waals surface area contributed by atoms with Crippen molar-refractivity contribution in [1.29, 1.82) is 0 Å². The number of benzene rings is 6. The lowest BCUT2D eigenvalue weighted by Crippen LogP contribution is -2.03. The highest BCUT2D eigenvalue weighted by molar-refractivity contribution is 6.31. The average molecular weight is 590 g/mol. The zero-order valence-corrected chi connectivity index (χ0v) is 24.7. The third-order valence-electron chi connectivity index (χ3n) is 7.49. The maximum Gasteiger partial charge on any atom is 0.135 e. The van der Waals surface area contributed by atoms with Gasteiger partial charge in [0.05, 0.1) is 7.11 Å². The molecule has 42 heavy (non-hydrogen) atoms. The summed E-state index contributed by atoms with van der Waals surface area (Å²) < 4.78 is 21.2. The Morgan fingerprint density at radius 3 is 1.74 bits per heavy atom. The van der Waals surface area contributed by atoms with E-state index in [0.717, 1.165) is 55.6 Å². The Kier molecular flexibility index (Phi) is 7.84. The molecule has 0 radical (unpaired) electrons. The van der Waals surface area contributed by atoms with E-state index < -0.39 is 0 Å². The molecule has 0 saturated carbocycles. The first-order chi connectivity index (χ1) is 20.5. The minimum Gasteiger partial charge on any atom is -0.495 e. The van der Waals surface area contributed by atoms with Gasteiger partial charge in [-0.25, -0.2) is 4.39 Å². The summed E-state index contributed by atoms with van der Waals surface area (Å²) in [6, 6.07) is 40.8. The first kappa shape index (κ1) is 27.8. The lowest BCUT2D eigenvalue weighted by atomic mass is 9.77. The number of hydrogen-bond acceptors (Lipinski definition) is 1. The Bertz CT molecular complexity index is 1900. The van der Waals surface area contributed by atoms with Crippen LogP contribution in [0.25, 0.3) is 55.6 Å². The molecule has 6 aromatic carbocycles. The van der Waals surface area contributed by atoms with Crippen molar-refractivity contribution in [1.82, 2.24) is 0 Å². The molecule has 0 aliphatic heterocycles. The zero-order chi connectivity index (χ0) is 29.2. The average Bonchev–Trinajstić information content (AvgIpc) is 3.01. The molecule has 0 atom stereocenters. The van der Waals surface area contributed by atoms with Gasteiger partial charge < -0.3 is 4.74 Å². The molecule has 0 bridgehead atoms. The number of halogens is 3. The zero-order valence-electron chi connectivity index (χ0n) is 23.2. The predicted molar refractivity (Wildman–Crippen MR) is 175 cm³/mol. The van der Waals surface area contributed by atoms with E-state index >= 15 is 0 Å². The molecule has 0 fully saturated rings. The molecule has 206 valence electrons. The molecule has 0 aliphatic carbocycles. The van der Waals surface area contributed by atoms with Gasteiger partial charge in [0.2, 0.25) is 0 Å². The van der Waals surface area contributed by atoms with Gasteiger partial charge >= 0.3 is 0 Å². The van der Waals surface area contributed by atoms with Crippen LogP contribution in [0.1, 0.15) is 5.56 Å². The van der Waals surface area contributed by atoms with Crippen molar-refractivity contribution in [2.75, 3.05) is 7.11 Å². The van der Waals surface area contributed by atoms with Crippen molar-refractivity contribution in [3.05, 3.63) is 149 Å². The summed E-state index contributed by atoms with van der Waals surface area (Å²) in [5.74, 6) is 0.312. The van der Waals surface area contributed by atoms with Crippen molar-refractivity contribution < 1.29 is 9.13 Å². The van der Waals surface area contributed by atoms with Crippen LogP contribution >= 0.6 is 23.2 Å². The fourth-order valence-corrected chi connectivity index (χ4v) is 6.01. The van der Waals surface area contributed by atoms with E-state index in [4.69, 9.17) is 27.9 Å². The number of ether oxygens (including phenoxy) is 1. The first-order valence-corrected chi connectivity index (χ1v) is 14.4.